The van der Waals surface area contributed by atoms with Crippen LogP contribution >= 0.6 is 0 Å². The number of rotatable bonds is 3. The molecule has 0 saturated carbocycles. The van der Waals surface area contributed by atoms with Crippen LogP contribution in [0.2, 0.25) is 0 Å². The Hall–Kier alpha value is -2.13. The zero-order valence-electron chi connectivity index (χ0n) is 12.1. The highest BCUT2D eigenvalue weighted by molar-refractivity contribution is 5.78. The van der Waals surface area contributed by atoms with Crippen LogP contribution in [-0.4, -0.2) is 16.4 Å². The van der Waals surface area contributed by atoms with Gasteiger partial charge < -0.3 is 9.72 Å². The molecule has 2 aromatic heterocycles. The van der Waals surface area contributed by atoms with Gasteiger partial charge in [-0.15, -0.1) is 0 Å². The second kappa shape index (κ2) is 5.10. The number of aryl methyl sites for hydroxylation is 2. The molecule has 0 radical (unpaired) electrons. The molecule has 1 aromatic carbocycles. The van der Waals surface area contributed by atoms with E-state index in [1.165, 1.54) is 16.7 Å². The first kappa shape index (κ1) is 12.9. The van der Waals surface area contributed by atoms with Crippen LogP contribution in [0.3, 0.4) is 0 Å². The SMILES string of the molecule is CNCc1nc(-c2ccc(C)c(C)c2)c2ccccn12. The Morgan fingerprint density at radius 3 is 2.70 bits per heavy atom. The summed E-state index contributed by atoms with van der Waals surface area (Å²) < 4.78 is 2.15. The third-order valence-electron chi connectivity index (χ3n) is 3.74. The predicted molar refractivity (Wildman–Crippen MR) is 82.9 cm³/mol. The van der Waals surface area contributed by atoms with Crippen LogP contribution in [0, 0.1) is 13.8 Å². The number of pyridine rings is 1. The maximum absolute atomic E-state index is 4.82. The first-order chi connectivity index (χ1) is 9.70. The molecule has 3 nitrogen and oxygen atoms in total. The van der Waals surface area contributed by atoms with Crippen molar-refractivity contribution in [2.24, 2.45) is 0 Å². The number of imidazole rings is 1. The molecular weight excluding hydrogens is 246 g/mol. The molecule has 0 atom stereocenters. The zero-order chi connectivity index (χ0) is 14.1. The summed E-state index contributed by atoms with van der Waals surface area (Å²) in [6.45, 7) is 5.04. The van der Waals surface area contributed by atoms with Crippen molar-refractivity contribution in [3.8, 4) is 11.3 Å². The van der Waals surface area contributed by atoms with Crippen LogP contribution in [0.1, 0.15) is 17.0 Å². The van der Waals surface area contributed by atoms with Gasteiger partial charge in [-0.2, -0.15) is 0 Å². The minimum atomic E-state index is 0.760. The van der Waals surface area contributed by atoms with E-state index >= 15 is 0 Å². The molecule has 0 aliphatic carbocycles. The molecule has 0 unspecified atom stereocenters. The number of hydrogen-bond donors (Lipinski definition) is 1. The molecule has 3 aromatic rings. The Balaban J connectivity index is 2.22. The van der Waals surface area contributed by atoms with Crippen LogP contribution < -0.4 is 5.32 Å². The molecule has 0 fully saturated rings. The highest BCUT2D eigenvalue weighted by Crippen LogP contribution is 2.26. The summed E-state index contributed by atoms with van der Waals surface area (Å²) in [5, 5.41) is 3.18. The van der Waals surface area contributed by atoms with Gasteiger partial charge in [0.2, 0.25) is 0 Å². The fraction of sp³-hybridized carbons (Fsp3) is 0.235. The molecule has 0 aliphatic rings. The van der Waals surface area contributed by atoms with Gasteiger partial charge in [-0.3, -0.25) is 0 Å². The Morgan fingerprint density at radius 1 is 1.10 bits per heavy atom. The molecule has 2 heterocycles. The average molecular weight is 265 g/mol. The van der Waals surface area contributed by atoms with Crippen molar-refractivity contribution in [1.29, 1.82) is 0 Å². The van der Waals surface area contributed by atoms with Crippen molar-refractivity contribution >= 4 is 5.52 Å². The van der Waals surface area contributed by atoms with Gasteiger partial charge in [0.15, 0.2) is 0 Å². The summed E-state index contributed by atoms with van der Waals surface area (Å²) in [6.07, 6.45) is 2.07. The Kier molecular flexibility index (Phi) is 3.28. The van der Waals surface area contributed by atoms with Crippen LogP contribution in [0.25, 0.3) is 16.8 Å². The second-order valence-electron chi connectivity index (χ2n) is 5.16. The Labute approximate surface area is 119 Å². The molecular formula is C17H19N3. The van der Waals surface area contributed by atoms with E-state index in [0.717, 1.165) is 23.6 Å². The van der Waals surface area contributed by atoms with E-state index in [1.807, 2.05) is 13.1 Å². The standard InChI is InChI=1S/C17H19N3/c1-12-7-8-14(10-13(12)2)17-15-6-4-5-9-20(15)16(19-17)11-18-3/h4-10,18H,11H2,1-3H3. The van der Waals surface area contributed by atoms with Crippen LogP contribution in [0.15, 0.2) is 42.6 Å². The molecule has 20 heavy (non-hydrogen) atoms. The minimum Gasteiger partial charge on any atom is -0.313 e. The van der Waals surface area contributed by atoms with Crippen LogP contribution in [0.4, 0.5) is 0 Å². The van der Waals surface area contributed by atoms with Gasteiger partial charge in [0.25, 0.3) is 0 Å². The maximum Gasteiger partial charge on any atom is 0.128 e. The highest BCUT2D eigenvalue weighted by Gasteiger charge is 2.12. The molecule has 0 spiro atoms. The fourth-order valence-electron chi connectivity index (χ4n) is 2.49. The van der Waals surface area contributed by atoms with Crippen molar-refractivity contribution in [3.05, 3.63) is 59.5 Å². The summed E-state index contributed by atoms with van der Waals surface area (Å²) in [5.41, 5.74) is 6.00. The summed E-state index contributed by atoms with van der Waals surface area (Å²) in [5.74, 6) is 1.04. The fourth-order valence-corrected chi connectivity index (χ4v) is 2.49. The van der Waals surface area contributed by atoms with E-state index in [4.69, 9.17) is 4.98 Å². The quantitative estimate of drug-likeness (QED) is 0.787. The summed E-state index contributed by atoms with van der Waals surface area (Å²) >= 11 is 0. The lowest BCUT2D eigenvalue weighted by Gasteiger charge is -2.03. The Bertz CT molecular complexity index is 756. The van der Waals surface area contributed by atoms with Gasteiger partial charge in [0.1, 0.15) is 5.82 Å². The molecule has 0 bridgehead atoms. The first-order valence-electron chi connectivity index (χ1n) is 6.89. The van der Waals surface area contributed by atoms with Gasteiger partial charge in [-0.05, 0) is 50.2 Å². The van der Waals surface area contributed by atoms with E-state index in [2.05, 4.69) is 60.1 Å². The number of fused-ring (bicyclic) bond motifs is 1. The van der Waals surface area contributed by atoms with Gasteiger partial charge in [-0.1, -0.05) is 18.2 Å². The van der Waals surface area contributed by atoms with Gasteiger partial charge >= 0.3 is 0 Å². The van der Waals surface area contributed by atoms with Gasteiger partial charge in [0, 0.05) is 11.8 Å². The third kappa shape index (κ3) is 2.10. The molecule has 3 rings (SSSR count). The first-order valence-corrected chi connectivity index (χ1v) is 6.89. The van der Waals surface area contributed by atoms with Crippen molar-refractivity contribution < 1.29 is 0 Å². The zero-order valence-corrected chi connectivity index (χ0v) is 12.1. The van der Waals surface area contributed by atoms with E-state index in [0.29, 0.717) is 0 Å². The number of benzene rings is 1. The van der Waals surface area contributed by atoms with Gasteiger partial charge in [-0.25, -0.2) is 4.98 Å². The van der Waals surface area contributed by atoms with Crippen molar-refractivity contribution in [2.75, 3.05) is 7.05 Å². The Morgan fingerprint density at radius 2 is 1.95 bits per heavy atom. The monoisotopic (exact) mass is 265 g/mol. The number of aromatic nitrogens is 2. The third-order valence-corrected chi connectivity index (χ3v) is 3.74. The lowest BCUT2D eigenvalue weighted by Crippen LogP contribution is -2.08. The van der Waals surface area contributed by atoms with Crippen molar-refractivity contribution in [1.82, 2.24) is 14.7 Å². The number of nitrogens with one attached hydrogen (secondary N) is 1. The van der Waals surface area contributed by atoms with Crippen LogP contribution in [-0.2, 0) is 6.54 Å². The average Bonchev–Trinajstić information content (AvgIpc) is 2.82. The molecule has 0 aliphatic heterocycles. The summed E-state index contributed by atoms with van der Waals surface area (Å²) in [4.78, 5) is 4.82. The summed E-state index contributed by atoms with van der Waals surface area (Å²) in [7, 11) is 1.94. The van der Waals surface area contributed by atoms with Crippen molar-refractivity contribution in [3.63, 3.8) is 0 Å². The topological polar surface area (TPSA) is 29.3 Å². The maximum atomic E-state index is 4.82. The second-order valence-corrected chi connectivity index (χ2v) is 5.16. The van der Waals surface area contributed by atoms with Gasteiger partial charge in [0.05, 0.1) is 17.8 Å². The smallest absolute Gasteiger partial charge is 0.128 e. The van der Waals surface area contributed by atoms with E-state index < -0.39 is 0 Å². The lowest BCUT2D eigenvalue weighted by atomic mass is 10.0. The molecule has 3 heteroatoms. The predicted octanol–water partition coefficient (Wildman–Crippen LogP) is 3.34. The normalized spacial score (nSPS) is 11.2. The lowest BCUT2D eigenvalue weighted by molar-refractivity contribution is 0.756. The van der Waals surface area contributed by atoms with E-state index in [9.17, 15) is 0 Å². The molecule has 102 valence electrons. The summed E-state index contributed by atoms with van der Waals surface area (Å²) in [6, 6.07) is 12.8. The minimum absolute atomic E-state index is 0.760. The molecule has 0 amide bonds. The van der Waals surface area contributed by atoms with Crippen molar-refractivity contribution in [2.45, 2.75) is 20.4 Å². The van der Waals surface area contributed by atoms with Crippen LogP contribution in [0.5, 0.6) is 0 Å². The number of hydrogen-bond acceptors (Lipinski definition) is 2. The largest absolute Gasteiger partial charge is 0.313 e. The highest BCUT2D eigenvalue weighted by atomic mass is 15.1. The van der Waals surface area contributed by atoms with E-state index in [-0.39, 0.29) is 0 Å². The molecule has 1 N–H and O–H groups in total. The molecule has 0 saturated heterocycles. The number of nitrogens with zero attached hydrogens (tertiary/aromatic N) is 2. The van der Waals surface area contributed by atoms with E-state index in [1.54, 1.807) is 0 Å².